The van der Waals surface area contributed by atoms with Crippen molar-refractivity contribution in [2.45, 2.75) is 24.9 Å². The van der Waals surface area contributed by atoms with E-state index in [9.17, 15) is 13.2 Å². The fourth-order valence-corrected chi connectivity index (χ4v) is 2.81. The van der Waals surface area contributed by atoms with E-state index >= 15 is 0 Å². The lowest BCUT2D eigenvalue weighted by Crippen LogP contribution is -2.42. The van der Waals surface area contributed by atoms with Gasteiger partial charge in [-0.05, 0) is 18.4 Å². The van der Waals surface area contributed by atoms with Crippen molar-refractivity contribution in [2.24, 2.45) is 0 Å². The molecule has 0 aromatic heterocycles. The molecule has 1 aromatic rings. The summed E-state index contributed by atoms with van der Waals surface area (Å²) < 4.78 is 27.9. The SMILES string of the molecule is O=C(O)[C@H](NS(=O)(=O)NC1CC1)c1ccccc1. The van der Waals surface area contributed by atoms with Crippen LogP contribution in [0.4, 0.5) is 0 Å². The van der Waals surface area contributed by atoms with Crippen LogP contribution in [-0.2, 0) is 15.0 Å². The summed E-state index contributed by atoms with van der Waals surface area (Å²) in [6.45, 7) is 0. The highest BCUT2D eigenvalue weighted by Gasteiger charge is 2.31. The van der Waals surface area contributed by atoms with Crippen LogP contribution in [0.5, 0.6) is 0 Å². The largest absolute Gasteiger partial charge is 0.480 e. The van der Waals surface area contributed by atoms with Gasteiger partial charge in [-0.3, -0.25) is 4.79 Å². The molecule has 0 radical (unpaired) electrons. The standard InChI is InChI=1S/C11H14N2O4S/c14-11(15)10(8-4-2-1-3-5-8)13-18(16,17)12-9-6-7-9/h1-5,9-10,12-13H,6-7H2,(H,14,15)/t10-/m1/s1. The van der Waals surface area contributed by atoms with Crippen LogP contribution in [-0.4, -0.2) is 25.5 Å². The molecular weight excluding hydrogens is 256 g/mol. The Kier molecular flexibility index (Phi) is 3.65. The lowest BCUT2D eigenvalue weighted by molar-refractivity contribution is -0.139. The average Bonchev–Trinajstić information content (AvgIpc) is 3.10. The zero-order valence-electron chi connectivity index (χ0n) is 9.54. The molecule has 0 spiro atoms. The summed E-state index contributed by atoms with van der Waals surface area (Å²) in [5, 5.41) is 9.09. The summed E-state index contributed by atoms with van der Waals surface area (Å²) in [7, 11) is -3.79. The Morgan fingerprint density at radius 3 is 2.39 bits per heavy atom. The number of hydrogen-bond acceptors (Lipinski definition) is 3. The smallest absolute Gasteiger partial charge is 0.326 e. The maximum Gasteiger partial charge on any atom is 0.326 e. The molecule has 18 heavy (non-hydrogen) atoms. The van der Waals surface area contributed by atoms with Crippen LogP contribution in [0.25, 0.3) is 0 Å². The maximum absolute atomic E-state index is 11.7. The highest BCUT2D eigenvalue weighted by atomic mass is 32.2. The quantitative estimate of drug-likeness (QED) is 0.697. The zero-order valence-corrected chi connectivity index (χ0v) is 10.4. The van der Waals surface area contributed by atoms with E-state index in [4.69, 9.17) is 5.11 Å². The molecule has 1 fully saturated rings. The molecule has 98 valence electrons. The van der Waals surface area contributed by atoms with E-state index in [1.165, 1.54) is 0 Å². The van der Waals surface area contributed by atoms with Gasteiger partial charge in [0.2, 0.25) is 0 Å². The monoisotopic (exact) mass is 270 g/mol. The van der Waals surface area contributed by atoms with Crippen molar-refractivity contribution in [3.05, 3.63) is 35.9 Å². The molecule has 0 heterocycles. The second-order valence-corrected chi connectivity index (χ2v) is 5.67. The van der Waals surface area contributed by atoms with E-state index in [0.29, 0.717) is 5.56 Å². The van der Waals surface area contributed by atoms with Crippen molar-refractivity contribution in [1.82, 2.24) is 9.44 Å². The van der Waals surface area contributed by atoms with Crippen molar-refractivity contribution >= 4 is 16.2 Å². The van der Waals surface area contributed by atoms with Crippen molar-refractivity contribution < 1.29 is 18.3 Å². The summed E-state index contributed by atoms with van der Waals surface area (Å²) in [6.07, 6.45) is 1.59. The third-order valence-electron chi connectivity index (χ3n) is 2.55. The number of carbonyl (C=O) groups is 1. The van der Waals surface area contributed by atoms with Crippen LogP contribution in [0.3, 0.4) is 0 Å². The minimum absolute atomic E-state index is 0.0623. The molecule has 0 bridgehead atoms. The summed E-state index contributed by atoms with van der Waals surface area (Å²) in [5.74, 6) is -1.23. The lowest BCUT2D eigenvalue weighted by atomic mass is 10.1. The van der Waals surface area contributed by atoms with Crippen LogP contribution in [0, 0.1) is 0 Å². The Hall–Kier alpha value is -1.44. The molecular formula is C11H14N2O4S. The molecule has 1 aliphatic carbocycles. The molecule has 3 N–H and O–H groups in total. The number of rotatable bonds is 6. The normalized spacial score (nSPS) is 17.3. The average molecular weight is 270 g/mol. The fraction of sp³-hybridized carbons (Fsp3) is 0.364. The third kappa shape index (κ3) is 3.52. The number of aliphatic carboxylic acids is 1. The van der Waals surface area contributed by atoms with Crippen molar-refractivity contribution in [3.8, 4) is 0 Å². The predicted molar refractivity (Wildman–Crippen MR) is 65.0 cm³/mol. The van der Waals surface area contributed by atoms with Gasteiger partial charge in [0.05, 0.1) is 0 Å². The first-order valence-corrected chi connectivity index (χ1v) is 7.03. The minimum atomic E-state index is -3.79. The van der Waals surface area contributed by atoms with Crippen molar-refractivity contribution in [1.29, 1.82) is 0 Å². The van der Waals surface area contributed by atoms with E-state index in [2.05, 4.69) is 9.44 Å². The van der Waals surface area contributed by atoms with E-state index in [1.54, 1.807) is 30.3 Å². The Balaban J connectivity index is 2.14. The van der Waals surface area contributed by atoms with E-state index in [0.717, 1.165) is 12.8 Å². The fourth-order valence-electron chi connectivity index (χ4n) is 1.52. The summed E-state index contributed by atoms with van der Waals surface area (Å²) in [4.78, 5) is 11.1. The molecule has 7 heteroatoms. The highest BCUT2D eigenvalue weighted by molar-refractivity contribution is 7.87. The van der Waals surface area contributed by atoms with E-state index in [-0.39, 0.29) is 6.04 Å². The second kappa shape index (κ2) is 5.05. The number of nitrogens with one attached hydrogen (secondary N) is 2. The van der Waals surface area contributed by atoms with Crippen LogP contribution < -0.4 is 9.44 Å². The molecule has 0 unspecified atom stereocenters. The molecule has 1 atom stereocenters. The Bertz CT molecular complexity index is 525. The summed E-state index contributed by atoms with van der Waals surface area (Å²) in [5.41, 5.74) is 0.395. The van der Waals surface area contributed by atoms with Gasteiger partial charge in [-0.15, -0.1) is 0 Å². The molecule has 1 aliphatic rings. The number of carboxylic acids is 1. The molecule has 0 aliphatic heterocycles. The number of hydrogen-bond donors (Lipinski definition) is 3. The maximum atomic E-state index is 11.7. The lowest BCUT2D eigenvalue weighted by Gasteiger charge is -2.15. The minimum Gasteiger partial charge on any atom is -0.480 e. The number of carboxylic acid groups (broad SMARTS) is 1. The Morgan fingerprint density at radius 1 is 1.28 bits per heavy atom. The number of benzene rings is 1. The highest BCUT2D eigenvalue weighted by Crippen LogP contribution is 2.20. The van der Waals surface area contributed by atoms with Crippen LogP contribution in [0.1, 0.15) is 24.4 Å². The topological polar surface area (TPSA) is 95.5 Å². The van der Waals surface area contributed by atoms with Gasteiger partial charge in [-0.1, -0.05) is 30.3 Å². The van der Waals surface area contributed by atoms with Gasteiger partial charge in [0.15, 0.2) is 0 Å². The van der Waals surface area contributed by atoms with Crippen LogP contribution >= 0.6 is 0 Å². The van der Waals surface area contributed by atoms with Gasteiger partial charge in [0, 0.05) is 6.04 Å². The van der Waals surface area contributed by atoms with Crippen molar-refractivity contribution in [3.63, 3.8) is 0 Å². The molecule has 0 amide bonds. The van der Waals surface area contributed by atoms with Gasteiger partial charge in [0.1, 0.15) is 6.04 Å². The predicted octanol–water partition coefficient (Wildman–Crippen LogP) is 0.399. The summed E-state index contributed by atoms with van der Waals surface area (Å²) in [6, 6.07) is 6.85. The second-order valence-electron chi connectivity index (χ2n) is 4.20. The van der Waals surface area contributed by atoms with Gasteiger partial charge < -0.3 is 5.11 Å². The van der Waals surface area contributed by atoms with Crippen LogP contribution in [0.15, 0.2) is 30.3 Å². The Labute approximate surface area is 105 Å². The molecule has 1 saturated carbocycles. The van der Waals surface area contributed by atoms with Gasteiger partial charge in [-0.25, -0.2) is 0 Å². The molecule has 6 nitrogen and oxygen atoms in total. The third-order valence-corrected chi connectivity index (χ3v) is 3.74. The van der Waals surface area contributed by atoms with E-state index < -0.39 is 22.2 Å². The summed E-state index contributed by atoms with van der Waals surface area (Å²) >= 11 is 0. The first kappa shape index (κ1) is 13.0. The zero-order chi connectivity index (χ0) is 13.2. The van der Waals surface area contributed by atoms with Gasteiger partial charge >= 0.3 is 5.97 Å². The van der Waals surface area contributed by atoms with Crippen LogP contribution in [0.2, 0.25) is 0 Å². The molecule has 1 aromatic carbocycles. The molecule has 2 rings (SSSR count). The first-order valence-electron chi connectivity index (χ1n) is 5.55. The van der Waals surface area contributed by atoms with Crippen molar-refractivity contribution in [2.75, 3.05) is 0 Å². The Morgan fingerprint density at radius 2 is 1.89 bits per heavy atom. The van der Waals surface area contributed by atoms with Gasteiger partial charge in [0.25, 0.3) is 10.2 Å². The first-order chi connectivity index (χ1) is 8.48. The van der Waals surface area contributed by atoms with Gasteiger partial charge in [-0.2, -0.15) is 17.9 Å². The molecule has 0 saturated heterocycles. The van der Waals surface area contributed by atoms with E-state index in [1.807, 2.05) is 0 Å².